The molecule has 0 aliphatic carbocycles. The van der Waals surface area contributed by atoms with Crippen LogP contribution in [0, 0.1) is 0 Å². The van der Waals surface area contributed by atoms with E-state index in [1.54, 1.807) is 19.1 Å². The lowest BCUT2D eigenvalue weighted by Crippen LogP contribution is -2.40. The van der Waals surface area contributed by atoms with Crippen molar-refractivity contribution in [2.45, 2.75) is 25.2 Å². The molecule has 29 heavy (non-hydrogen) atoms. The van der Waals surface area contributed by atoms with Crippen LogP contribution >= 0.6 is 0 Å². The van der Waals surface area contributed by atoms with Crippen LogP contribution in [0.2, 0.25) is 0 Å². The number of carbonyl (C=O) groups is 2. The highest BCUT2D eigenvalue weighted by molar-refractivity contribution is 6.07. The molecule has 4 nitrogen and oxygen atoms in total. The summed E-state index contributed by atoms with van der Waals surface area (Å²) >= 11 is 0. The molecule has 3 aromatic rings. The third-order valence-corrected chi connectivity index (χ3v) is 5.25. The van der Waals surface area contributed by atoms with Crippen LogP contribution in [0.25, 0.3) is 10.8 Å². The molecule has 0 aromatic heterocycles. The summed E-state index contributed by atoms with van der Waals surface area (Å²) in [5.41, 5.74) is -1.78. The molecule has 0 spiro atoms. The Balaban J connectivity index is 1.69. The van der Waals surface area contributed by atoms with Crippen molar-refractivity contribution in [2.24, 2.45) is 0 Å². The highest BCUT2D eigenvalue weighted by atomic mass is 19.4. The topological polar surface area (TPSA) is 49.4 Å². The first kappa shape index (κ1) is 19.0. The minimum absolute atomic E-state index is 0.133. The minimum Gasteiger partial charge on any atom is -0.319 e. The first-order valence-electron chi connectivity index (χ1n) is 8.98. The Morgan fingerprint density at radius 1 is 0.931 bits per heavy atom. The predicted octanol–water partition coefficient (Wildman–Crippen LogP) is 4.83. The van der Waals surface area contributed by atoms with E-state index in [1.165, 1.54) is 18.2 Å². The number of carbonyl (C=O) groups excluding carboxylic acids is 2. The zero-order chi connectivity index (χ0) is 20.8. The Kier molecular flexibility index (Phi) is 4.33. The standard InChI is InChI=1S/C22H17F3N2O2/c1-21(17-11-10-14-6-2-3-7-15(14)12-17)19(28)27(20(29)26-21)13-16-8-4-5-9-18(16)22(23,24)25/h2-12H,13H2,1H3,(H,26,29). The van der Waals surface area contributed by atoms with E-state index in [4.69, 9.17) is 0 Å². The molecule has 1 N–H and O–H groups in total. The van der Waals surface area contributed by atoms with Crippen molar-refractivity contribution in [3.05, 3.63) is 83.4 Å². The number of fused-ring (bicyclic) bond motifs is 1. The second kappa shape index (κ2) is 6.62. The summed E-state index contributed by atoms with van der Waals surface area (Å²) < 4.78 is 39.8. The summed E-state index contributed by atoms with van der Waals surface area (Å²) in [6.07, 6.45) is -4.57. The fraction of sp³-hybridized carbons (Fsp3) is 0.182. The number of halogens is 3. The fourth-order valence-corrected chi connectivity index (χ4v) is 3.64. The molecule has 1 unspecified atom stereocenters. The van der Waals surface area contributed by atoms with E-state index >= 15 is 0 Å². The van der Waals surface area contributed by atoms with Gasteiger partial charge in [-0.25, -0.2) is 4.79 Å². The quantitative estimate of drug-likeness (QED) is 0.643. The Hall–Kier alpha value is -3.35. The van der Waals surface area contributed by atoms with Crippen molar-refractivity contribution < 1.29 is 22.8 Å². The van der Waals surface area contributed by atoms with Gasteiger partial charge in [-0.2, -0.15) is 13.2 Å². The largest absolute Gasteiger partial charge is 0.416 e. The molecule has 148 valence electrons. The molecule has 0 bridgehead atoms. The van der Waals surface area contributed by atoms with Gasteiger partial charge in [0, 0.05) is 0 Å². The van der Waals surface area contributed by atoms with Crippen LogP contribution in [0.4, 0.5) is 18.0 Å². The molecule has 3 aromatic carbocycles. The van der Waals surface area contributed by atoms with Crippen molar-refractivity contribution in [3.63, 3.8) is 0 Å². The van der Waals surface area contributed by atoms with Gasteiger partial charge in [-0.1, -0.05) is 54.6 Å². The number of nitrogens with zero attached hydrogens (tertiary/aromatic N) is 1. The lowest BCUT2D eigenvalue weighted by atomic mass is 9.90. The molecule has 1 fully saturated rings. The van der Waals surface area contributed by atoms with Crippen molar-refractivity contribution in [1.29, 1.82) is 0 Å². The van der Waals surface area contributed by atoms with Crippen molar-refractivity contribution >= 4 is 22.7 Å². The Morgan fingerprint density at radius 3 is 2.31 bits per heavy atom. The van der Waals surface area contributed by atoms with Crippen LogP contribution in [-0.2, 0) is 23.1 Å². The number of hydrogen-bond donors (Lipinski definition) is 1. The first-order valence-corrected chi connectivity index (χ1v) is 8.98. The van der Waals surface area contributed by atoms with E-state index in [0.29, 0.717) is 5.56 Å². The number of rotatable bonds is 3. The van der Waals surface area contributed by atoms with Crippen molar-refractivity contribution in [1.82, 2.24) is 10.2 Å². The fourth-order valence-electron chi connectivity index (χ4n) is 3.64. The monoisotopic (exact) mass is 398 g/mol. The van der Waals surface area contributed by atoms with E-state index in [0.717, 1.165) is 21.7 Å². The molecule has 1 aliphatic rings. The van der Waals surface area contributed by atoms with Crippen LogP contribution in [0.3, 0.4) is 0 Å². The number of imide groups is 1. The zero-order valence-corrected chi connectivity index (χ0v) is 15.5. The summed E-state index contributed by atoms with van der Waals surface area (Å²) in [4.78, 5) is 26.4. The molecule has 1 atom stereocenters. The van der Waals surface area contributed by atoms with Gasteiger partial charge in [0.1, 0.15) is 5.54 Å². The molecule has 7 heteroatoms. The lowest BCUT2D eigenvalue weighted by molar-refractivity contribution is -0.139. The smallest absolute Gasteiger partial charge is 0.319 e. The third kappa shape index (κ3) is 3.22. The number of amides is 3. The molecule has 1 saturated heterocycles. The van der Waals surface area contributed by atoms with Crippen LogP contribution in [0.15, 0.2) is 66.7 Å². The summed E-state index contributed by atoms with van der Waals surface area (Å²) in [5, 5.41) is 4.52. The maximum Gasteiger partial charge on any atom is 0.416 e. The Morgan fingerprint density at radius 2 is 1.59 bits per heavy atom. The van der Waals surface area contributed by atoms with E-state index in [-0.39, 0.29) is 5.56 Å². The van der Waals surface area contributed by atoms with E-state index < -0.39 is 35.8 Å². The number of urea groups is 1. The van der Waals surface area contributed by atoms with Gasteiger partial charge in [-0.3, -0.25) is 9.69 Å². The van der Waals surface area contributed by atoms with Crippen LogP contribution < -0.4 is 5.32 Å². The predicted molar refractivity (Wildman–Crippen MR) is 102 cm³/mol. The van der Waals surface area contributed by atoms with E-state index in [9.17, 15) is 22.8 Å². The van der Waals surface area contributed by atoms with Gasteiger partial charge < -0.3 is 5.32 Å². The Labute approximate surface area is 164 Å². The van der Waals surface area contributed by atoms with Gasteiger partial charge in [-0.15, -0.1) is 0 Å². The highest BCUT2D eigenvalue weighted by Gasteiger charge is 2.49. The van der Waals surface area contributed by atoms with Gasteiger partial charge in [0.25, 0.3) is 5.91 Å². The zero-order valence-electron chi connectivity index (χ0n) is 15.5. The van der Waals surface area contributed by atoms with Gasteiger partial charge in [0.05, 0.1) is 12.1 Å². The molecule has 4 rings (SSSR count). The maximum atomic E-state index is 13.3. The normalized spacial score (nSPS) is 19.7. The summed E-state index contributed by atoms with van der Waals surface area (Å²) in [5.74, 6) is -0.588. The average Bonchev–Trinajstić information content (AvgIpc) is 2.91. The third-order valence-electron chi connectivity index (χ3n) is 5.25. The molecular formula is C22H17F3N2O2. The Bertz CT molecular complexity index is 1130. The summed E-state index contributed by atoms with van der Waals surface area (Å²) in [7, 11) is 0. The first-order chi connectivity index (χ1) is 13.7. The van der Waals surface area contributed by atoms with Gasteiger partial charge in [-0.05, 0) is 41.0 Å². The van der Waals surface area contributed by atoms with Crippen molar-refractivity contribution in [2.75, 3.05) is 0 Å². The molecular weight excluding hydrogens is 381 g/mol. The molecule has 0 saturated carbocycles. The van der Waals surface area contributed by atoms with Crippen LogP contribution in [-0.4, -0.2) is 16.8 Å². The minimum atomic E-state index is -4.57. The highest BCUT2D eigenvalue weighted by Crippen LogP contribution is 2.35. The molecule has 0 radical (unpaired) electrons. The molecule has 3 amide bonds. The van der Waals surface area contributed by atoms with Crippen LogP contribution in [0.1, 0.15) is 23.6 Å². The second-order valence-electron chi connectivity index (χ2n) is 7.16. The number of benzene rings is 3. The van der Waals surface area contributed by atoms with E-state index in [2.05, 4.69) is 5.32 Å². The van der Waals surface area contributed by atoms with Crippen molar-refractivity contribution in [3.8, 4) is 0 Å². The number of hydrogen-bond acceptors (Lipinski definition) is 2. The summed E-state index contributed by atoms with van der Waals surface area (Å²) in [6.45, 7) is 1.11. The van der Waals surface area contributed by atoms with Gasteiger partial charge in [0.15, 0.2) is 0 Å². The number of nitrogens with one attached hydrogen (secondary N) is 1. The molecule has 1 heterocycles. The maximum absolute atomic E-state index is 13.3. The number of alkyl halides is 3. The van der Waals surface area contributed by atoms with E-state index in [1.807, 2.05) is 30.3 Å². The second-order valence-corrected chi connectivity index (χ2v) is 7.16. The molecule has 1 aliphatic heterocycles. The SMILES string of the molecule is CC1(c2ccc3ccccc3c2)NC(=O)N(Cc2ccccc2C(F)(F)F)C1=O. The van der Waals surface area contributed by atoms with Crippen LogP contribution in [0.5, 0.6) is 0 Å². The van der Waals surface area contributed by atoms with Gasteiger partial charge in [0.2, 0.25) is 0 Å². The average molecular weight is 398 g/mol. The lowest BCUT2D eigenvalue weighted by Gasteiger charge is -2.23. The summed E-state index contributed by atoms with van der Waals surface area (Å²) in [6, 6.07) is 17.2. The van der Waals surface area contributed by atoms with Gasteiger partial charge >= 0.3 is 12.2 Å².